The Bertz CT molecular complexity index is 783. The molecule has 2 aromatic carbocycles. The molecule has 142 valence electrons. The Morgan fingerprint density at radius 3 is 2.33 bits per heavy atom. The van der Waals surface area contributed by atoms with Gasteiger partial charge in [-0.3, -0.25) is 9.59 Å². The van der Waals surface area contributed by atoms with Gasteiger partial charge in [0.1, 0.15) is 0 Å². The number of likely N-dealkylation sites (tertiary alicyclic amines) is 1. The number of nitrogens with one attached hydrogen (secondary N) is 1. The summed E-state index contributed by atoms with van der Waals surface area (Å²) < 4.78 is 10.7. The summed E-state index contributed by atoms with van der Waals surface area (Å²) in [6.07, 6.45) is 2.58. The number of ether oxygens (including phenoxy) is 2. The predicted octanol–water partition coefficient (Wildman–Crippen LogP) is 2.88. The van der Waals surface area contributed by atoms with Gasteiger partial charge >= 0.3 is 0 Å². The molecule has 0 spiro atoms. The minimum atomic E-state index is -0.262. The molecule has 2 amide bonds. The zero-order valence-corrected chi connectivity index (χ0v) is 15.4. The Kier molecular flexibility index (Phi) is 6.30. The maximum Gasteiger partial charge on any atom is 0.262 e. The fourth-order valence-corrected chi connectivity index (χ4v) is 3.04. The van der Waals surface area contributed by atoms with Crippen molar-refractivity contribution in [2.45, 2.75) is 19.3 Å². The van der Waals surface area contributed by atoms with Gasteiger partial charge in [0.15, 0.2) is 18.1 Å². The van der Waals surface area contributed by atoms with Crippen LogP contribution in [0.2, 0.25) is 0 Å². The first-order valence-electron chi connectivity index (χ1n) is 9.08. The van der Waals surface area contributed by atoms with Gasteiger partial charge in [0.2, 0.25) is 5.91 Å². The molecule has 1 N–H and O–H groups in total. The van der Waals surface area contributed by atoms with Crippen LogP contribution in [0.15, 0.2) is 48.5 Å². The minimum absolute atomic E-state index is 0.116. The molecule has 0 unspecified atom stereocenters. The van der Waals surface area contributed by atoms with Crippen molar-refractivity contribution in [3.63, 3.8) is 0 Å². The van der Waals surface area contributed by atoms with E-state index in [0.717, 1.165) is 31.5 Å². The quantitative estimate of drug-likeness (QED) is 0.816. The molecule has 1 saturated heterocycles. The highest BCUT2D eigenvalue weighted by Gasteiger charge is 2.17. The monoisotopic (exact) mass is 368 g/mol. The minimum Gasteiger partial charge on any atom is -0.493 e. The van der Waals surface area contributed by atoms with E-state index in [1.165, 1.54) is 0 Å². The lowest BCUT2D eigenvalue weighted by Crippen LogP contribution is -2.29. The van der Waals surface area contributed by atoms with Crippen LogP contribution in [0, 0.1) is 0 Å². The number of methoxy groups -OCH3 is 1. The van der Waals surface area contributed by atoms with Crippen molar-refractivity contribution >= 4 is 17.5 Å². The van der Waals surface area contributed by atoms with Crippen molar-refractivity contribution in [3.05, 3.63) is 54.1 Å². The highest BCUT2D eigenvalue weighted by molar-refractivity contribution is 5.92. The van der Waals surface area contributed by atoms with E-state index in [4.69, 9.17) is 9.47 Å². The van der Waals surface area contributed by atoms with Crippen molar-refractivity contribution in [2.75, 3.05) is 32.1 Å². The molecule has 2 aromatic rings. The van der Waals surface area contributed by atoms with Crippen LogP contribution < -0.4 is 14.8 Å². The molecule has 0 aromatic heterocycles. The second kappa shape index (κ2) is 9.07. The zero-order valence-electron chi connectivity index (χ0n) is 15.4. The van der Waals surface area contributed by atoms with E-state index < -0.39 is 0 Å². The Hall–Kier alpha value is -3.02. The molecule has 6 heteroatoms. The average Bonchev–Trinajstić information content (AvgIpc) is 3.23. The number of para-hydroxylation sites is 2. The van der Waals surface area contributed by atoms with E-state index in [1.807, 2.05) is 29.2 Å². The summed E-state index contributed by atoms with van der Waals surface area (Å²) in [5.74, 6) is 1.000. The summed E-state index contributed by atoms with van der Waals surface area (Å²) >= 11 is 0. The number of nitrogens with zero attached hydrogens (tertiary/aromatic N) is 1. The smallest absolute Gasteiger partial charge is 0.262 e. The van der Waals surface area contributed by atoms with Crippen molar-refractivity contribution in [1.82, 2.24) is 4.90 Å². The maximum atomic E-state index is 12.2. The first-order chi connectivity index (χ1) is 13.2. The van der Waals surface area contributed by atoms with Crippen LogP contribution in [-0.4, -0.2) is 43.5 Å². The third kappa shape index (κ3) is 5.23. The van der Waals surface area contributed by atoms with Gasteiger partial charge in [-0.2, -0.15) is 0 Å². The van der Waals surface area contributed by atoms with Gasteiger partial charge in [0.05, 0.1) is 13.5 Å². The zero-order chi connectivity index (χ0) is 19.1. The van der Waals surface area contributed by atoms with E-state index in [1.54, 1.807) is 31.4 Å². The summed E-state index contributed by atoms with van der Waals surface area (Å²) in [5.41, 5.74) is 1.61. The van der Waals surface area contributed by atoms with E-state index in [2.05, 4.69) is 5.32 Å². The Morgan fingerprint density at radius 1 is 1.00 bits per heavy atom. The van der Waals surface area contributed by atoms with Gasteiger partial charge in [-0.25, -0.2) is 0 Å². The predicted molar refractivity (Wildman–Crippen MR) is 103 cm³/mol. The van der Waals surface area contributed by atoms with Crippen LogP contribution in [0.1, 0.15) is 18.4 Å². The van der Waals surface area contributed by atoms with Gasteiger partial charge in [0.25, 0.3) is 5.91 Å². The molecule has 1 aliphatic heterocycles. The normalized spacial score (nSPS) is 13.3. The van der Waals surface area contributed by atoms with E-state index in [-0.39, 0.29) is 18.4 Å². The first-order valence-corrected chi connectivity index (χ1v) is 9.08. The first kappa shape index (κ1) is 18.8. The number of hydrogen-bond donors (Lipinski definition) is 1. The van der Waals surface area contributed by atoms with E-state index in [9.17, 15) is 9.59 Å². The summed E-state index contributed by atoms with van der Waals surface area (Å²) in [5, 5.41) is 2.79. The maximum absolute atomic E-state index is 12.2. The molecule has 1 aliphatic rings. The third-order valence-corrected chi connectivity index (χ3v) is 4.48. The molecule has 1 heterocycles. The number of rotatable bonds is 7. The van der Waals surface area contributed by atoms with Crippen LogP contribution in [0.4, 0.5) is 5.69 Å². The average molecular weight is 368 g/mol. The van der Waals surface area contributed by atoms with Gasteiger partial charge in [-0.1, -0.05) is 24.3 Å². The Labute approximate surface area is 159 Å². The van der Waals surface area contributed by atoms with Gasteiger partial charge in [-0.15, -0.1) is 0 Å². The van der Waals surface area contributed by atoms with E-state index >= 15 is 0 Å². The fourth-order valence-electron chi connectivity index (χ4n) is 3.04. The lowest BCUT2D eigenvalue weighted by Gasteiger charge is -2.15. The summed E-state index contributed by atoms with van der Waals surface area (Å²) in [6, 6.07) is 14.5. The van der Waals surface area contributed by atoms with Gasteiger partial charge < -0.3 is 19.7 Å². The highest BCUT2D eigenvalue weighted by atomic mass is 16.5. The Balaban J connectivity index is 1.48. The van der Waals surface area contributed by atoms with E-state index in [0.29, 0.717) is 23.6 Å². The molecular formula is C21H24N2O4. The summed E-state index contributed by atoms with van der Waals surface area (Å²) in [6.45, 7) is 1.61. The topological polar surface area (TPSA) is 67.9 Å². The summed E-state index contributed by atoms with van der Waals surface area (Å²) in [4.78, 5) is 26.2. The highest BCUT2D eigenvalue weighted by Crippen LogP contribution is 2.25. The van der Waals surface area contributed by atoms with Crippen LogP contribution in [0.25, 0.3) is 0 Å². The van der Waals surface area contributed by atoms with Gasteiger partial charge in [0, 0.05) is 18.8 Å². The van der Waals surface area contributed by atoms with Crippen LogP contribution in [0.5, 0.6) is 11.5 Å². The lowest BCUT2D eigenvalue weighted by molar-refractivity contribution is -0.129. The third-order valence-electron chi connectivity index (χ3n) is 4.48. The summed E-state index contributed by atoms with van der Waals surface area (Å²) in [7, 11) is 1.55. The molecule has 0 aliphatic carbocycles. The molecular weight excluding hydrogens is 344 g/mol. The number of amides is 2. The molecule has 1 fully saturated rings. The second-order valence-electron chi connectivity index (χ2n) is 6.45. The second-order valence-corrected chi connectivity index (χ2v) is 6.45. The number of anilines is 1. The lowest BCUT2D eigenvalue weighted by atomic mass is 10.1. The van der Waals surface area contributed by atoms with Crippen molar-refractivity contribution in [3.8, 4) is 11.5 Å². The van der Waals surface area contributed by atoms with Crippen LogP contribution >= 0.6 is 0 Å². The van der Waals surface area contributed by atoms with Crippen LogP contribution in [0.3, 0.4) is 0 Å². The largest absolute Gasteiger partial charge is 0.493 e. The molecule has 0 atom stereocenters. The van der Waals surface area contributed by atoms with Gasteiger partial charge in [-0.05, 0) is 42.7 Å². The number of carbonyl (C=O) groups excluding carboxylic acids is 2. The van der Waals surface area contributed by atoms with Crippen molar-refractivity contribution < 1.29 is 19.1 Å². The number of carbonyl (C=O) groups is 2. The van der Waals surface area contributed by atoms with Crippen molar-refractivity contribution in [1.29, 1.82) is 0 Å². The Morgan fingerprint density at radius 2 is 1.67 bits per heavy atom. The molecule has 6 nitrogen and oxygen atoms in total. The fraction of sp³-hybridized carbons (Fsp3) is 0.333. The molecule has 3 rings (SSSR count). The molecule has 0 saturated carbocycles. The molecule has 0 bridgehead atoms. The number of hydrogen-bond acceptors (Lipinski definition) is 4. The molecule has 27 heavy (non-hydrogen) atoms. The van der Waals surface area contributed by atoms with Crippen LogP contribution in [-0.2, 0) is 16.0 Å². The standard InChI is InChI=1S/C21H24N2O4/c1-26-18-6-2-3-7-19(18)27-15-20(24)22-17-10-8-16(9-11-17)14-21(25)23-12-4-5-13-23/h2-3,6-11H,4-5,12-15H2,1H3,(H,22,24). The number of benzene rings is 2. The SMILES string of the molecule is COc1ccccc1OCC(=O)Nc1ccc(CC(=O)N2CCCC2)cc1. The van der Waals surface area contributed by atoms with Crippen molar-refractivity contribution in [2.24, 2.45) is 0 Å². The molecule has 0 radical (unpaired) electrons.